The number of aromatic nitrogens is 3. The summed E-state index contributed by atoms with van der Waals surface area (Å²) in [5.74, 6) is -0.0289. The SMILES string of the molecule is O=C(CSc1nc2ccccc2c(=O)n1Cc1ccncc1)Nc1ccc(N2CCOCC2)cc1. The van der Waals surface area contributed by atoms with E-state index in [0.717, 1.165) is 43.2 Å². The van der Waals surface area contributed by atoms with E-state index in [1.165, 1.54) is 11.8 Å². The molecule has 0 radical (unpaired) electrons. The first-order valence-electron chi connectivity index (χ1n) is 11.4. The van der Waals surface area contributed by atoms with Crippen molar-refractivity contribution in [2.75, 3.05) is 42.3 Å². The predicted molar refractivity (Wildman–Crippen MR) is 138 cm³/mol. The lowest BCUT2D eigenvalue weighted by molar-refractivity contribution is -0.113. The van der Waals surface area contributed by atoms with Crippen LogP contribution in [0.1, 0.15) is 5.56 Å². The summed E-state index contributed by atoms with van der Waals surface area (Å²) in [6.45, 7) is 3.53. The van der Waals surface area contributed by atoms with Crippen LogP contribution in [-0.4, -0.2) is 52.5 Å². The first-order chi connectivity index (χ1) is 17.2. The number of para-hydroxylation sites is 1. The average Bonchev–Trinajstić information content (AvgIpc) is 2.91. The quantitative estimate of drug-likeness (QED) is 0.316. The zero-order valence-corrected chi connectivity index (χ0v) is 19.9. The summed E-state index contributed by atoms with van der Waals surface area (Å²) >= 11 is 1.25. The van der Waals surface area contributed by atoms with Gasteiger partial charge in [-0.1, -0.05) is 23.9 Å². The van der Waals surface area contributed by atoms with E-state index in [4.69, 9.17) is 4.74 Å². The molecule has 1 fully saturated rings. The number of rotatable bonds is 7. The number of morpholine rings is 1. The molecule has 0 aliphatic carbocycles. The van der Waals surface area contributed by atoms with Gasteiger partial charge in [-0.15, -0.1) is 0 Å². The van der Waals surface area contributed by atoms with Gasteiger partial charge in [-0.2, -0.15) is 0 Å². The highest BCUT2D eigenvalue weighted by atomic mass is 32.2. The van der Waals surface area contributed by atoms with Gasteiger partial charge in [0.25, 0.3) is 5.56 Å². The number of carbonyl (C=O) groups is 1. The van der Waals surface area contributed by atoms with Crippen molar-refractivity contribution in [3.63, 3.8) is 0 Å². The van der Waals surface area contributed by atoms with Crippen molar-refractivity contribution in [3.05, 3.63) is 89.0 Å². The summed E-state index contributed by atoms with van der Waals surface area (Å²) in [5, 5.41) is 3.99. The number of hydrogen-bond acceptors (Lipinski definition) is 7. The van der Waals surface area contributed by atoms with E-state index in [1.54, 1.807) is 23.0 Å². The van der Waals surface area contributed by atoms with Crippen LogP contribution in [0.3, 0.4) is 0 Å². The van der Waals surface area contributed by atoms with Crippen LogP contribution in [0, 0.1) is 0 Å². The van der Waals surface area contributed by atoms with Gasteiger partial charge in [0.1, 0.15) is 0 Å². The van der Waals surface area contributed by atoms with Crippen molar-refractivity contribution in [3.8, 4) is 0 Å². The summed E-state index contributed by atoms with van der Waals surface area (Å²) in [5.41, 5.74) is 3.26. The van der Waals surface area contributed by atoms with Crippen molar-refractivity contribution in [1.82, 2.24) is 14.5 Å². The van der Waals surface area contributed by atoms with Crippen LogP contribution in [0.4, 0.5) is 11.4 Å². The van der Waals surface area contributed by atoms with Crippen LogP contribution in [0.2, 0.25) is 0 Å². The van der Waals surface area contributed by atoms with Gasteiger partial charge in [-0.25, -0.2) is 4.98 Å². The molecule has 1 saturated heterocycles. The van der Waals surface area contributed by atoms with Gasteiger partial charge in [0, 0.05) is 36.9 Å². The summed E-state index contributed by atoms with van der Waals surface area (Å²) < 4.78 is 7.02. The van der Waals surface area contributed by atoms with Crippen LogP contribution in [0.15, 0.2) is 83.0 Å². The number of thioether (sulfide) groups is 1. The highest BCUT2D eigenvalue weighted by molar-refractivity contribution is 7.99. The first kappa shape index (κ1) is 23.1. The number of anilines is 2. The third kappa shape index (κ3) is 5.52. The molecule has 0 saturated carbocycles. The third-order valence-corrected chi connectivity index (χ3v) is 6.75. The summed E-state index contributed by atoms with van der Waals surface area (Å²) in [7, 11) is 0. The minimum Gasteiger partial charge on any atom is -0.378 e. The maximum atomic E-state index is 13.2. The Bertz CT molecular complexity index is 1370. The Morgan fingerprint density at radius 3 is 2.51 bits per heavy atom. The van der Waals surface area contributed by atoms with E-state index in [0.29, 0.717) is 22.6 Å². The highest BCUT2D eigenvalue weighted by Gasteiger charge is 2.15. The molecular weight excluding hydrogens is 462 g/mol. The second-order valence-electron chi connectivity index (χ2n) is 8.14. The molecule has 0 atom stereocenters. The Balaban J connectivity index is 1.30. The van der Waals surface area contributed by atoms with Crippen LogP contribution in [0.25, 0.3) is 10.9 Å². The summed E-state index contributed by atoms with van der Waals surface area (Å²) in [6, 6.07) is 18.8. The molecule has 5 rings (SSSR count). The minimum atomic E-state index is -0.160. The summed E-state index contributed by atoms with van der Waals surface area (Å²) in [4.78, 5) is 36.9. The van der Waals surface area contributed by atoms with E-state index in [9.17, 15) is 9.59 Å². The third-order valence-electron chi connectivity index (χ3n) is 5.78. The van der Waals surface area contributed by atoms with Crippen molar-refractivity contribution in [1.29, 1.82) is 0 Å². The Labute approximate surface area is 207 Å². The molecule has 2 aromatic carbocycles. The smallest absolute Gasteiger partial charge is 0.262 e. The van der Waals surface area contributed by atoms with Crippen molar-refractivity contribution in [2.45, 2.75) is 11.7 Å². The molecule has 9 heteroatoms. The van der Waals surface area contributed by atoms with Gasteiger partial charge in [-0.3, -0.25) is 19.1 Å². The van der Waals surface area contributed by atoms with Crippen molar-refractivity contribution < 1.29 is 9.53 Å². The molecule has 35 heavy (non-hydrogen) atoms. The molecule has 1 amide bonds. The normalized spacial score (nSPS) is 13.7. The molecule has 0 spiro atoms. The van der Waals surface area contributed by atoms with Gasteiger partial charge in [0.2, 0.25) is 5.91 Å². The molecule has 0 unspecified atom stereocenters. The maximum Gasteiger partial charge on any atom is 0.262 e. The fourth-order valence-electron chi connectivity index (χ4n) is 3.97. The molecule has 3 heterocycles. The molecule has 1 aliphatic heterocycles. The van der Waals surface area contributed by atoms with Crippen molar-refractivity contribution >= 4 is 39.9 Å². The molecule has 1 aliphatic rings. The van der Waals surface area contributed by atoms with Gasteiger partial charge in [0.15, 0.2) is 5.16 Å². The Morgan fingerprint density at radius 2 is 1.74 bits per heavy atom. The number of hydrogen-bond donors (Lipinski definition) is 1. The molecule has 2 aromatic heterocycles. The Kier molecular flexibility index (Phi) is 7.06. The fraction of sp³-hybridized carbons (Fsp3) is 0.231. The lowest BCUT2D eigenvalue weighted by Crippen LogP contribution is -2.36. The topological polar surface area (TPSA) is 89.3 Å². The summed E-state index contributed by atoms with van der Waals surface area (Å²) in [6.07, 6.45) is 3.39. The number of fused-ring (bicyclic) bond motifs is 1. The number of ether oxygens (including phenoxy) is 1. The lowest BCUT2D eigenvalue weighted by Gasteiger charge is -2.28. The molecule has 178 valence electrons. The number of benzene rings is 2. The van der Waals surface area contributed by atoms with E-state index in [-0.39, 0.29) is 17.2 Å². The number of nitrogens with zero attached hydrogens (tertiary/aromatic N) is 4. The molecular formula is C26H25N5O3S. The van der Waals surface area contributed by atoms with E-state index < -0.39 is 0 Å². The molecule has 0 bridgehead atoms. The molecule has 8 nitrogen and oxygen atoms in total. The van der Waals surface area contributed by atoms with E-state index >= 15 is 0 Å². The zero-order valence-electron chi connectivity index (χ0n) is 19.1. The first-order valence-corrected chi connectivity index (χ1v) is 12.4. The minimum absolute atomic E-state index is 0.131. The van der Waals surface area contributed by atoms with Crippen LogP contribution in [0.5, 0.6) is 0 Å². The van der Waals surface area contributed by atoms with Gasteiger partial charge >= 0.3 is 0 Å². The number of amides is 1. The Morgan fingerprint density at radius 1 is 1.00 bits per heavy atom. The van der Waals surface area contributed by atoms with E-state index in [1.807, 2.05) is 54.6 Å². The lowest BCUT2D eigenvalue weighted by atomic mass is 10.2. The molecule has 1 N–H and O–H groups in total. The fourth-order valence-corrected chi connectivity index (χ4v) is 4.77. The number of pyridine rings is 1. The number of carbonyl (C=O) groups excluding carboxylic acids is 1. The van der Waals surface area contributed by atoms with Gasteiger partial charge < -0.3 is 15.0 Å². The monoisotopic (exact) mass is 487 g/mol. The standard InChI is InChI=1S/C26H25N5O3S/c32-24(28-20-5-7-21(8-6-20)30-13-15-34-16-14-30)18-35-26-29-23-4-2-1-3-22(23)25(33)31(26)17-19-9-11-27-12-10-19/h1-12H,13-18H2,(H,28,32). The second kappa shape index (κ2) is 10.7. The van der Waals surface area contributed by atoms with Gasteiger partial charge in [0.05, 0.1) is 36.4 Å². The Hall–Kier alpha value is -3.69. The molecule has 4 aromatic rings. The van der Waals surface area contributed by atoms with Crippen LogP contribution in [-0.2, 0) is 16.1 Å². The van der Waals surface area contributed by atoms with Crippen LogP contribution >= 0.6 is 11.8 Å². The second-order valence-corrected chi connectivity index (χ2v) is 9.08. The van der Waals surface area contributed by atoms with Crippen molar-refractivity contribution in [2.24, 2.45) is 0 Å². The zero-order chi connectivity index (χ0) is 24.0. The highest BCUT2D eigenvalue weighted by Crippen LogP contribution is 2.21. The predicted octanol–water partition coefficient (Wildman–Crippen LogP) is 3.41. The largest absolute Gasteiger partial charge is 0.378 e. The van der Waals surface area contributed by atoms with Gasteiger partial charge in [-0.05, 0) is 54.1 Å². The van der Waals surface area contributed by atoms with Crippen LogP contribution < -0.4 is 15.8 Å². The van der Waals surface area contributed by atoms with E-state index in [2.05, 4.69) is 20.2 Å². The maximum absolute atomic E-state index is 13.2. The number of nitrogens with one attached hydrogen (secondary N) is 1. The average molecular weight is 488 g/mol.